The highest BCUT2D eigenvalue weighted by Crippen LogP contribution is 2.19. The van der Waals surface area contributed by atoms with Gasteiger partial charge in [0, 0.05) is 29.4 Å². The lowest BCUT2D eigenvalue weighted by Gasteiger charge is -2.23. The van der Waals surface area contributed by atoms with Crippen LogP contribution in [0.3, 0.4) is 0 Å². The minimum atomic E-state index is -0.239. The number of benzene rings is 1. The molecule has 0 saturated heterocycles. The molecule has 0 aliphatic rings. The van der Waals surface area contributed by atoms with Crippen LogP contribution in [0.15, 0.2) is 27.7 Å². The van der Waals surface area contributed by atoms with Gasteiger partial charge in [0.25, 0.3) is 0 Å². The number of nitrogens with zero attached hydrogens (tertiary/aromatic N) is 1. The molecule has 0 aliphatic heterocycles. The average molecular weight is 490 g/mol. The fourth-order valence-electron chi connectivity index (χ4n) is 1.45. The highest BCUT2D eigenvalue weighted by atomic mass is 127. The number of guanidine groups is 1. The summed E-state index contributed by atoms with van der Waals surface area (Å²) in [6, 6.07) is 4.65. The number of hydrogen-bond acceptors (Lipinski definition) is 2. The molecule has 1 aromatic rings. The van der Waals surface area contributed by atoms with Gasteiger partial charge >= 0.3 is 0 Å². The maximum absolute atomic E-state index is 13.2. The zero-order valence-corrected chi connectivity index (χ0v) is 17.4. The van der Waals surface area contributed by atoms with E-state index in [2.05, 4.69) is 51.7 Å². The second-order valence-electron chi connectivity index (χ2n) is 4.98. The van der Waals surface area contributed by atoms with E-state index in [9.17, 15) is 4.39 Å². The summed E-state index contributed by atoms with van der Waals surface area (Å²) in [7, 11) is 1.72. The smallest absolute Gasteiger partial charge is 0.191 e. The van der Waals surface area contributed by atoms with Crippen LogP contribution in [0.1, 0.15) is 19.4 Å². The van der Waals surface area contributed by atoms with Gasteiger partial charge in [-0.3, -0.25) is 4.99 Å². The van der Waals surface area contributed by atoms with Crippen LogP contribution >= 0.6 is 51.7 Å². The van der Waals surface area contributed by atoms with Gasteiger partial charge in [-0.1, -0.05) is 15.9 Å². The number of hydrogen-bond donors (Lipinski definition) is 2. The molecule has 0 amide bonds. The SMILES string of the molecule is CN=C(NCc1cc(F)ccc1Br)NCC(C)(C)SC.I. The van der Waals surface area contributed by atoms with Crippen molar-refractivity contribution in [3.05, 3.63) is 34.1 Å². The maximum Gasteiger partial charge on any atom is 0.191 e. The summed E-state index contributed by atoms with van der Waals surface area (Å²) in [5.41, 5.74) is 0.858. The first kappa shape index (κ1) is 21.0. The van der Waals surface area contributed by atoms with E-state index in [1.165, 1.54) is 12.1 Å². The second-order valence-corrected chi connectivity index (χ2v) is 7.35. The molecule has 7 heteroatoms. The third kappa shape index (κ3) is 7.69. The van der Waals surface area contributed by atoms with Crippen LogP contribution in [0.2, 0.25) is 0 Å². The van der Waals surface area contributed by atoms with Crippen molar-refractivity contribution in [1.29, 1.82) is 0 Å². The van der Waals surface area contributed by atoms with E-state index in [-0.39, 0.29) is 34.5 Å². The molecule has 0 aromatic heterocycles. The summed E-state index contributed by atoms with van der Waals surface area (Å²) in [4.78, 5) is 4.17. The van der Waals surface area contributed by atoms with Gasteiger partial charge in [0.1, 0.15) is 5.82 Å². The third-order valence-corrected chi connectivity index (χ3v) is 4.93. The van der Waals surface area contributed by atoms with Gasteiger partial charge in [0.15, 0.2) is 5.96 Å². The largest absolute Gasteiger partial charge is 0.355 e. The molecular formula is C14H22BrFIN3S. The van der Waals surface area contributed by atoms with E-state index in [4.69, 9.17) is 0 Å². The van der Waals surface area contributed by atoms with Gasteiger partial charge < -0.3 is 10.6 Å². The molecule has 0 saturated carbocycles. The maximum atomic E-state index is 13.2. The fourth-order valence-corrected chi connectivity index (χ4v) is 2.05. The normalized spacial score (nSPS) is 11.8. The Bertz CT molecular complexity index is 483. The van der Waals surface area contributed by atoms with Gasteiger partial charge in [-0.25, -0.2) is 4.39 Å². The number of rotatable bonds is 5. The van der Waals surface area contributed by atoms with Crippen LogP contribution in [-0.4, -0.2) is 30.6 Å². The highest BCUT2D eigenvalue weighted by Gasteiger charge is 2.16. The molecular weight excluding hydrogens is 468 g/mol. The molecule has 0 aliphatic carbocycles. The summed E-state index contributed by atoms with van der Waals surface area (Å²) < 4.78 is 14.2. The highest BCUT2D eigenvalue weighted by molar-refractivity contribution is 14.0. The zero-order chi connectivity index (χ0) is 15.2. The Morgan fingerprint density at radius 3 is 2.62 bits per heavy atom. The van der Waals surface area contributed by atoms with Crippen LogP contribution < -0.4 is 10.6 Å². The molecule has 0 unspecified atom stereocenters. The number of halogens is 3. The van der Waals surface area contributed by atoms with Crippen LogP contribution in [0.5, 0.6) is 0 Å². The van der Waals surface area contributed by atoms with Gasteiger partial charge in [-0.2, -0.15) is 11.8 Å². The van der Waals surface area contributed by atoms with Crippen LogP contribution in [-0.2, 0) is 6.54 Å². The lowest BCUT2D eigenvalue weighted by Crippen LogP contribution is -2.43. The summed E-state index contributed by atoms with van der Waals surface area (Å²) in [5, 5.41) is 6.46. The van der Waals surface area contributed by atoms with Gasteiger partial charge in [0.2, 0.25) is 0 Å². The molecule has 0 radical (unpaired) electrons. The van der Waals surface area contributed by atoms with Crippen LogP contribution in [0.25, 0.3) is 0 Å². The first-order valence-electron chi connectivity index (χ1n) is 6.31. The Morgan fingerprint density at radius 1 is 1.38 bits per heavy atom. The molecule has 0 atom stereocenters. The Kier molecular flexibility index (Phi) is 9.88. The van der Waals surface area contributed by atoms with Crippen molar-refractivity contribution < 1.29 is 4.39 Å². The molecule has 21 heavy (non-hydrogen) atoms. The van der Waals surface area contributed by atoms with Crippen molar-refractivity contribution in [2.75, 3.05) is 19.8 Å². The third-order valence-electron chi connectivity index (χ3n) is 2.91. The first-order valence-corrected chi connectivity index (χ1v) is 8.33. The molecule has 0 spiro atoms. The number of aliphatic imine (C=N–C) groups is 1. The van der Waals surface area contributed by atoms with Gasteiger partial charge in [-0.05, 0) is 43.9 Å². The minimum absolute atomic E-state index is 0. The Labute approximate surface area is 156 Å². The van der Waals surface area contributed by atoms with Crippen LogP contribution in [0.4, 0.5) is 4.39 Å². The van der Waals surface area contributed by atoms with E-state index >= 15 is 0 Å². The first-order chi connectivity index (χ1) is 9.38. The van der Waals surface area contributed by atoms with Crippen molar-refractivity contribution in [2.24, 2.45) is 4.99 Å². The fraction of sp³-hybridized carbons (Fsp3) is 0.500. The lowest BCUT2D eigenvalue weighted by atomic mass is 10.2. The van der Waals surface area contributed by atoms with Crippen molar-refractivity contribution in [3.8, 4) is 0 Å². The summed E-state index contributed by atoms with van der Waals surface area (Å²) in [6.45, 7) is 5.65. The molecule has 0 fully saturated rings. The van der Waals surface area contributed by atoms with Gasteiger partial charge in [-0.15, -0.1) is 24.0 Å². The molecule has 1 aromatic carbocycles. The quantitative estimate of drug-likeness (QED) is 0.372. The minimum Gasteiger partial charge on any atom is -0.355 e. The Balaban J connectivity index is 0.00000400. The molecule has 0 bridgehead atoms. The van der Waals surface area contributed by atoms with Crippen LogP contribution in [0, 0.1) is 5.82 Å². The summed E-state index contributed by atoms with van der Waals surface area (Å²) >= 11 is 5.21. The lowest BCUT2D eigenvalue weighted by molar-refractivity contribution is 0.623. The topological polar surface area (TPSA) is 36.4 Å². The zero-order valence-electron chi connectivity index (χ0n) is 12.7. The van der Waals surface area contributed by atoms with E-state index in [1.807, 2.05) is 0 Å². The van der Waals surface area contributed by atoms with Crippen molar-refractivity contribution >= 4 is 57.6 Å². The van der Waals surface area contributed by atoms with Crippen molar-refractivity contribution in [3.63, 3.8) is 0 Å². The standard InChI is InChI=1S/C14H21BrFN3S.HI/c1-14(2,20-4)9-19-13(17-3)18-8-10-7-11(16)5-6-12(10)15;/h5-7H,8-9H2,1-4H3,(H2,17,18,19);1H. The van der Waals surface area contributed by atoms with Gasteiger partial charge in [0.05, 0.1) is 0 Å². The second kappa shape index (κ2) is 9.89. The Hall–Kier alpha value is -0.0200. The summed E-state index contributed by atoms with van der Waals surface area (Å²) in [5.74, 6) is 0.472. The summed E-state index contributed by atoms with van der Waals surface area (Å²) in [6.07, 6.45) is 2.09. The van der Waals surface area contributed by atoms with Crippen molar-refractivity contribution in [2.45, 2.75) is 25.1 Å². The monoisotopic (exact) mass is 489 g/mol. The van der Waals surface area contributed by atoms with E-state index in [0.29, 0.717) is 12.5 Å². The van der Waals surface area contributed by atoms with Crippen molar-refractivity contribution in [1.82, 2.24) is 10.6 Å². The predicted molar refractivity (Wildman–Crippen MR) is 105 cm³/mol. The predicted octanol–water partition coefficient (Wildman–Crippen LogP) is 4.01. The Morgan fingerprint density at radius 2 is 2.05 bits per heavy atom. The number of nitrogens with one attached hydrogen (secondary N) is 2. The molecule has 120 valence electrons. The molecule has 2 N–H and O–H groups in total. The van der Waals surface area contributed by atoms with E-state index < -0.39 is 0 Å². The molecule has 1 rings (SSSR count). The van der Waals surface area contributed by atoms with E-state index in [0.717, 1.165) is 16.6 Å². The molecule has 0 heterocycles. The van der Waals surface area contributed by atoms with E-state index in [1.54, 1.807) is 24.9 Å². The average Bonchev–Trinajstić information content (AvgIpc) is 2.42. The number of thioether (sulfide) groups is 1. The molecule has 3 nitrogen and oxygen atoms in total.